The molecule has 23 heavy (non-hydrogen) atoms. The summed E-state index contributed by atoms with van der Waals surface area (Å²) in [6, 6.07) is 2.31. The first-order chi connectivity index (χ1) is 10.9. The summed E-state index contributed by atoms with van der Waals surface area (Å²) in [5, 5.41) is 8.82. The lowest BCUT2D eigenvalue weighted by Crippen LogP contribution is -2.47. The summed E-state index contributed by atoms with van der Waals surface area (Å²) in [6.45, 7) is 10.3. The number of hydrogen-bond donors (Lipinski definition) is 0. The van der Waals surface area contributed by atoms with E-state index in [0.29, 0.717) is 29.5 Å². The summed E-state index contributed by atoms with van der Waals surface area (Å²) < 4.78 is 0. The van der Waals surface area contributed by atoms with Gasteiger partial charge in [-0.1, -0.05) is 12.2 Å². The predicted molar refractivity (Wildman–Crippen MR) is 91.4 cm³/mol. The second-order valence-corrected chi connectivity index (χ2v) is 8.07. The highest BCUT2D eigenvalue weighted by Gasteiger charge is 2.46. The number of piperidine rings is 1. The number of likely N-dealkylation sites (tertiary alicyclic amines) is 1. The summed E-state index contributed by atoms with van der Waals surface area (Å²) in [5.41, 5.74) is 3.89. The molecule has 1 unspecified atom stereocenters. The fraction of sp³-hybridized carbons (Fsp3) is 0.700. The van der Waals surface area contributed by atoms with Gasteiger partial charge < -0.3 is 4.90 Å². The number of Topliss-reactive ketones (excluding diaryl/α,β-unsaturated/α-hetero) is 1. The van der Waals surface area contributed by atoms with E-state index in [1.807, 2.05) is 13.8 Å². The maximum Gasteiger partial charge on any atom is 0.160 e. The van der Waals surface area contributed by atoms with Crippen LogP contribution in [0.3, 0.4) is 0 Å². The Labute approximate surface area is 140 Å². The van der Waals surface area contributed by atoms with E-state index in [2.05, 4.69) is 17.5 Å². The molecule has 0 aromatic heterocycles. The first-order valence-electron chi connectivity index (χ1n) is 8.94. The topological polar surface area (TPSA) is 44.1 Å². The van der Waals surface area contributed by atoms with Gasteiger partial charge in [-0.05, 0) is 63.2 Å². The smallest absolute Gasteiger partial charge is 0.160 e. The van der Waals surface area contributed by atoms with Gasteiger partial charge in [0.25, 0.3) is 0 Å². The Balaban J connectivity index is 1.63. The average Bonchev–Trinajstić information content (AvgIpc) is 2.49. The van der Waals surface area contributed by atoms with Crippen LogP contribution in [-0.4, -0.2) is 23.8 Å². The Kier molecular flexibility index (Phi) is 4.36. The minimum absolute atomic E-state index is 0.303. The van der Waals surface area contributed by atoms with Gasteiger partial charge in [-0.15, -0.1) is 0 Å². The minimum atomic E-state index is 0.303. The zero-order chi connectivity index (χ0) is 16.6. The summed E-state index contributed by atoms with van der Waals surface area (Å²) in [5.74, 6) is 1.26. The zero-order valence-electron chi connectivity index (χ0n) is 14.5. The number of rotatable bonds is 3. The van der Waals surface area contributed by atoms with E-state index in [1.54, 1.807) is 0 Å². The van der Waals surface area contributed by atoms with Crippen LogP contribution in [0.2, 0.25) is 0 Å². The highest BCUT2D eigenvalue weighted by atomic mass is 16.1. The molecule has 0 aromatic carbocycles. The molecule has 2 fully saturated rings. The Morgan fingerprint density at radius 1 is 1.35 bits per heavy atom. The number of nitriles is 1. The van der Waals surface area contributed by atoms with E-state index >= 15 is 0 Å². The van der Waals surface area contributed by atoms with Crippen molar-refractivity contribution in [2.45, 2.75) is 58.8 Å². The van der Waals surface area contributed by atoms with E-state index in [-0.39, 0.29) is 0 Å². The number of allylic oxidation sites excluding steroid dienone is 3. The monoisotopic (exact) mass is 312 g/mol. The van der Waals surface area contributed by atoms with Gasteiger partial charge in [0.2, 0.25) is 0 Å². The lowest BCUT2D eigenvalue weighted by atomic mass is 9.57. The van der Waals surface area contributed by atoms with Gasteiger partial charge in [0.1, 0.15) is 0 Å². The molecular weight excluding hydrogens is 284 g/mol. The molecule has 1 aliphatic heterocycles. The molecule has 3 aliphatic rings. The third kappa shape index (κ3) is 3.09. The molecule has 0 radical (unpaired) electrons. The van der Waals surface area contributed by atoms with Crippen molar-refractivity contribution in [3.05, 3.63) is 23.4 Å². The molecule has 1 saturated heterocycles. The fourth-order valence-electron chi connectivity index (χ4n) is 4.81. The number of hydrogen-bond acceptors (Lipinski definition) is 3. The molecule has 3 nitrogen and oxygen atoms in total. The van der Waals surface area contributed by atoms with E-state index in [0.717, 1.165) is 37.1 Å². The van der Waals surface area contributed by atoms with Gasteiger partial charge in [0.05, 0.1) is 6.07 Å². The molecule has 124 valence electrons. The molecule has 1 heterocycles. The predicted octanol–water partition coefficient (Wildman–Crippen LogP) is 4.22. The van der Waals surface area contributed by atoms with Gasteiger partial charge in [0, 0.05) is 37.2 Å². The average molecular weight is 312 g/mol. The third-order valence-corrected chi connectivity index (χ3v) is 6.45. The number of carbonyl (C=O) groups is 1. The van der Waals surface area contributed by atoms with Crippen molar-refractivity contribution in [1.29, 1.82) is 5.26 Å². The summed E-state index contributed by atoms with van der Waals surface area (Å²) in [7, 11) is 0. The summed E-state index contributed by atoms with van der Waals surface area (Å²) in [6.07, 6.45) is 7.26. The van der Waals surface area contributed by atoms with Gasteiger partial charge >= 0.3 is 0 Å². The summed E-state index contributed by atoms with van der Waals surface area (Å²) >= 11 is 0. The van der Waals surface area contributed by atoms with Crippen LogP contribution in [0.1, 0.15) is 58.8 Å². The molecule has 0 aromatic rings. The van der Waals surface area contributed by atoms with Crippen LogP contribution in [0.25, 0.3) is 0 Å². The molecule has 3 heteroatoms. The maximum absolute atomic E-state index is 12.3. The molecule has 1 saturated carbocycles. The summed E-state index contributed by atoms with van der Waals surface area (Å²) in [4.78, 5) is 14.8. The van der Waals surface area contributed by atoms with Crippen LogP contribution in [-0.2, 0) is 4.79 Å². The molecular formula is C20H28N2O. The number of carbonyl (C=O) groups excluding carboxylic acids is 1. The second kappa shape index (κ2) is 6.15. The first-order valence-corrected chi connectivity index (χ1v) is 8.94. The molecule has 2 aliphatic carbocycles. The van der Waals surface area contributed by atoms with Crippen molar-refractivity contribution in [2.75, 3.05) is 13.1 Å². The van der Waals surface area contributed by atoms with Gasteiger partial charge in [-0.2, -0.15) is 5.26 Å². The molecule has 1 atom stereocenters. The SMILES string of the molecule is C=C(C)C1CC(=O)C(C)=C(N2CCC3(CC2)CC(CC#N)C3)C1. The van der Waals surface area contributed by atoms with Crippen molar-refractivity contribution in [3.8, 4) is 6.07 Å². The first kappa shape index (κ1) is 16.3. The minimum Gasteiger partial charge on any atom is -0.374 e. The second-order valence-electron chi connectivity index (χ2n) is 8.07. The Hall–Kier alpha value is -1.56. The van der Waals surface area contributed by atoms with Crippen LogP contribution in [0.5, 0.6) is 0 Å². The van der Waals surface area contributed by atoms with Gasteiger partial charge in [0.15, 0.2) is 5.78 Å². The fourth-order valence-corrected chi connectivity index (χ4v) is 4.81. The molecule has 0 bridgehead atoms. The van der Waals surface area contributed by atoms with Crippen molar-refractivity contribution in [2.24, 2.45) is 17.3 Å². The van der Waals surface area contributed by atoms with Crippen LogP contribution in [0, 0.1) is 28.6 Å². The molecule has 3 rings (SSSR count). The van der Waals surface area contributed by atoms with E-state index in [1.165, 1.54) is 31.4 Å². The lowest BCUT2D eigenvalue weighted by Gasteiger charge is -2.53. The normalized spacial score (nSPS) is 27.8. The maximum atomic E-state index is 12.3. The quantitative estimate of drug-likeness (QED) is 0.733. The van der Waals surface area contributed by atoms with Crippen molar-refractivity contribution in [1.82, 2.24) is 4.90 Å². The molecule has 0 N–H and O–H groups in total. The molecule has 0 amide bonds. The standard InChI is InChI=1S/C20H28N2O/c1-14(2)17-10-18(15(3)19(23)11-17)22-8-5-20(6-9-22)12-16(13-20)4-7-21/h16-17H,1,4-6,8-13H2,2-3H3. The van der Waals surface area contributed by atoms with Gasteiger partial charge in [-0.3, -0.25) is 4.79 Å². The highest BCUT2D eigenvalue weighted by molar-refractivity contribution is 5.96. The van der Waals surface area contributed by atoms with Crippen molar-refractivity contribution < 1.29 is 4.79 Å². The van der Waals surface area contributed by atoms with Crippen molar-refractivity contribution in [3.63, 3.8) is 0 Å². The van der Waals surface area contributed by atoms with Crippen LogP contribution in [0.15, 0.2) is 23.4 Å². The van der Waals surface area contributed by atoms with E-state index in [4.69, 9.17) is 5.26 Å². The van der Waals surface area contributed by atoms with E-state index in [9.17, 15) is 4.79 Å². The number of nitrogens with zero attached hydrogens (tertiary/aromatic N) is 2. The molecule has 1 spiro atoms. The largest absolute Gasteiger partial charge is 0.374 e. The lowest BCUT2D eigenvalue weighted by molar-refractivity contribution is -0.117. The number of ketones is 1. The highest BCUT2D eigenvalue weighted by Crippen LogP contribution is 2.54. The van der Waals surface area contributed by atoms with Gasteiger partial charge in [-0.25, -0.2) is 0 Å². The Morgan fingerprint density at radius 3 is 2.57 bits per heavy atom. The van der Waals surface area contributed by atoms with Crippen LogP contribution >= 0.6 is 0 Å². The zero-order valence-corrected chi connectivity index (χ0v) is 14.5. The Morgan fingerprint density at radius 2 is 2.00 bits per heavy atom. The Bertz CT molecular complexity index is 579. The van der Waals surface area contributed by atoms with Crippen LogP contribution < -0.4 is 0 Å². The third-order valence-electron chi connectivity index (χ3n) is 6.45. The van der Waals surface area contributed by atoms with Crippen LogP contribution in [0.4, 0.5) is 0 Å². The van der Waals surface area contributed by atoms with Crippen molar-refractivity contribution >= 4 is 5.78 Å². The van der Waals surface area contributed by atoms with E-state index < -0.39 is 0 Å².